The molecule has 1 aromatic heterocycles. The Kier molecular flexibility index (Phi) is 6.63. The zero-order valence-corrected chi connectivity index (χ0v) is 15.5. The van der Waals surface area contributed by atoms with Crippen LogP contribution >= 0.6 is 0 Å². The van der Waals surface area contributed by atoms with Gasteiger partial charge in [0, 0.05) is 18.3 Å². The van der Waals surface area contributed by atoms with Crippen molar-refractivity contribution >= 4 is 16.7 Å². The van der Waals surface area contributed by atoms with E-state index in [1.807, 2.05) is 54.6 Å². The first-order valence-corrected chi connectivity index (χ1v) is 9.21. The van der Waals surface area contributed by atoms with Crippen LogP contribution in [-0.4, -0.2) is 24.1 Å². The Bertz CT molecular complexity index is 895. The highest BCUT2D eigenvalue weighted by Crippen LogP contribution is 2.20. The molecule has 0 bridgehead atoms. The molecule has 1 amide bonds. The average Bonchev–Trinajstić information content (AvgIpc) is 2.71. The number of hydrogen-bond acceptors (Lipinski definition) is 4. The van der Waals surface area contributed by atoms with Crippen LogP contribution in [0.25, 0.3) is 10.8 Å². The van der Waals surface area contributed by atoms with Crippen LogP contribution in [0.5, 0.6) is 11.6 Å². The molecule has 3 rings (SSSR count). The summed E-state index contributed by atoms with van der Waals surface area (Å²) in [6.45, 7) is 3.05. The fourth-order valence-electron chi connectivity index (χ4n) is 2.65. The Labute approximate surface area is 159 Å². The van der Waals surface area contributed by atoms with Crippen LogP contribution in [0.4, 0.5) is 0 Å². The quantitative estimate of drug-likeness (QED) is 0.581. The Hall–Kier alpha value is -3.08. The van der Waals surface area contributed by atoms with E-state index in [9.17, 15) is 4.79 Å². The molecule has 0 atom stereocenters. The van der Waals surface area contributed by atoms with Gasteiger partial charge >= 0.3 is 0 Å². The van der Waals surface area contributed by atoms with Gasteiger partial charge in [-0.25, -0.2) is 4.98 Å². The van der Waals surface area contributed by atoms with Crippen molar-refractivity contribution < 1.29 is 14.3 Å². The van der Waals surface area contributed by atoms with E-state index in [4.69, 9.17) is 9.47 Å². The van der Waals surface area contributed by atoms with Crippen molar-refractivity contribution in [2.75, 3.05) is 13.2 Å². The number of nitrogens with one attached hydrogen (secondary N) is 1. The molecular formula is C22H24N2O3. The number of pyridine rings is 1. The molecule has 1 heterocycles. The van der Waals surface area contributed by atoms with E-state index in [0.29, 0.717) is 24.8 Å². The maximum Gasteiger partial charge on any atom is 0.258 e. The summed E-state index contributed by atoms with van der Waals surface area (Å²) in [7, 11) is 0. The number of amides is 1. The number of unbranched alkanes of at least 4 members (excludes halogenated alkanes) is 1. The van der Waals surface area contributed by atoms with Crippen molar-refractivity contribution in [3.8, 4) is 11.6 Å². The maximum atomic E-state index is 12.1. The van der Waals surface area contributed by atoms with Crippen LogP contribution in [0.3, 0.4) is 0 Å². The first kappa shape index (κ1) is 18.7. The lowest BCUT2D eigenvalue weighted by Crippen LogP contribution is -2.28. The second-order valence-corrected chi connectivity index (χ2v) is 6.24. The Morgan fingerprint density at radius 3 is 2.74 bits per heavy atom. The predicted molar refractivity (Wildman–Crippen MR) is 106 cm³/mol. The maximum absolute atomic E-state index is 12.1. The summed E-state index contributed by atoms with van der Waals surface area (Å²) in [5, 5.41) is 5.08. The third-order valence-electron chi connectivity index (χ3n) is 4.15. The summed E-state index contributed by atoms with van der Waals surface area (Å²) in [5.41, 5.74) is 0.854. The minimum atomic E-state index is -0.188. The van der Waals surface area contributed by atoms with Gasteiger partial charge in [0.15, 0.2) is 6.61 Å². The molecule has 0 saturated carbocycles. The molecule has 0 aliphatic rings. The Morgan fingerprint density at radius 2 is 1.89 bits per heavy atom. The van der Waals surface area contributed by atoms with Gasteiger partial charge in [-0.15, -0.1) is 0 Å². The molecule has 0 aliphatic heterocycles. The van der Waals surface area contributed by atoms with E-state index >= 15 is 0 Å². The van der Waals surface area contributed by atoms with Crippen molar-refractivity contribution in [2.24, 2.45) is 0 Å². The topological polar surface area (TPSA) is 60.5 Å². The number of rotatable bonds is 9. The van der Waals surface area contributed by atoms with Gasteiger partial charge in [0.1, 0.15) is 5.75 Å². The standard InChI is InChI=1S/C22H24N2O3/c1-2-3-13-26-22-19(9-6-12-23-22)15-24-21(25)16-27-20-11-10-17-7-4-5-8-18(17)14-20/h4-12,14H,2-3,13,15-16H2,1H3,(H,24,25). The molecular weight excluding hydrogens is 340 g/mol. The largest absolute Gasteiger partial charge is 0.484 e. The summed E-state index contributed by atoms with van der Waals surface area (Å²) in [5.74, 6) is 1.06. The van der Waals surface area contributed by atoms with Crippen LogP contribution in [0.15, 0.2) is 60.8 Å². The number of nitrogens with zero attached hydrogens (tertiary/aromatic N) is 1. The second kappa shape index (κ2) is 9.57. The van der Waals surface area contributed by atoms with E-state index in [2.05, 4.69) is 17.2 Å². The van der Waals surface area contributed by atoms with Gasteiger partial charge < -0.3 is 14.8 Å². The number of hydrogen-bond donors (Lipinski definition) is 1. The molecule has 0 radical (unpaired) electrons. The number of fused-ring (bicyclic) bond motifs is 1. The zero-order chi connectivity index (χ0) is 18.9. The first-order chi connectivity index (χ1) is 13.3. The summed E-state index contributed by atoms with van der Waals surface area (Å²) in [6.07, 6.45) is 3.72. The van der Waals surface area contributed by atoms with Gasteiger partial charge in [-0.1, -0.05) is 49.7 Å². The van der Waals surface area contributed by atoms with E-state index in [1.54, 1.807) is 6.20 Å². The molecule has 0 aliphatic carbocycles. The monoisotopic (exact) mass is 364 g/mol. The fraction of sp³-hybridized carbons (Fsp3) is 0.273. The number of carbonyl (C=O) groups is 1. The zero-order valence-electron chi connectivity index (χ0n) is 15.5. The summed E-state index contributed by atoms with van der Waals surface area (Å²) >= 11 is 0. The number of aromatic nitrogens is 1. The van der Waals surface area contributed by atoms with Crippen LogP contribution < -0.4 is 14.8 Å². The lowest BCUT2D eigenvalue weighted by atomic mass is 10.1. The van der Waals surface area contributed by atoms with E-state index in [-0.39, 0.29) is 12.5 Å². The normalized spacial score (nSPS) is 10.6. The van der Waals surface area contributed by atoms with Crippen LogP contribution in [-0.2, 0) is 11.3 Å². The Morgan fingerprint density at radius 1 is 1.04 bits per heavy atom. The molecule has 2 aromatic carbocycles. The smallest absolute Gasteiger partial charge is 0.258 e. The highest BCUT2D eigenvalue weighted by atomic mass is 16.5. The number of ether oxygens (including phenoxy) is 2. The first-order valence-electron chi connectivity index (χ1n) is 9.21. The van der Waals surface area contributed by atoms with Crippen LogP contribution in [0.1, 0.15) is 25.3 Å². The number of benzene rings is 2. The molecule has 0 spiro atoms. The highest BCUT2D eigenvalue weighted by Gasteiger charge is 2.08. The Balaban J connectivity index is 1.51. The van der Waals surface area contributed by atoms with Crippen molar-refractivity contribution in [3.05, 3.63) is 66.4 Å². The van der Waals surface area contributed by atoms with Crippen molar-refractivity contribution in [1.82, 2.24) is 10.3 Å². The molecule has 0 fully saturated rings. The average molecular weight is 364 g/mol. The van der Waals surface area contributed by atoms with Crippen LogP contribution in [0.2, 0.25) is 0 Å². The van der Waals surface area contributed by atoms with Crippen molar-refractivity contribution in [2.45, 2.75) is 26.3 Å². The van der Waals surface area contributed by atoms with Gasteiger partial charge in [-0.3, -0.25) is 4.79 Å². The van der Waals surface area contributed by atoms with Crippen molar-refractivity contribution in [3.63, 3.8) is 0 Å². The lowest BCUT2D eigenvalue weighted by molar-refractivity contribution is -0.123. The fourth-order valence-corrected chi connectivity index (χ4v) is 2.65. The third kappa shape index (κ3) is 5.45. The van der Waals surface area contributed by atoms with Crippen LogP contribution in [0, 0.1) is 0 Å². The van der Waals surface area contributed by atoms with Gasteiger partial charge in [0.05, 0.1) is 6.61 Å². The molecule has 5 nitrogen and oxygen atoms in total. The van der Waals surface area contributed by atoms with E-state index in [1.165, 1.54) is 0 Å². The van der Waals surface area contributed by atoms with E-state index in [0.717, 1.165) is 29.2 Å². The van der Waals surface area contributed by atoms with E-state index < -0.39 is 0 Å². The SMILES string of the molecule is CCCCOc1ncccc1CNC(=O)COc1ccc2ccccc2c1. The molecule has 27 heavy (non-hydrogen) atoms. The summed E-state index contributed by atoms with van der Waals surface area (Å²) < 4.78 is 11.3. The predicted octanol–water partition coefficient (Wildman–Crippen LogP) is 4.11. The van der Waals surface area contributed by atoms with Crippen molar-refractivity contribution in [1.29, 1.82) is 0 Å². The molecule has 1 N–H and O–H groups in total. The van der Waals surface area contributed by atoms with Gasteiger partial charge in [-0.2, -0.15) is 0 Å². The molecule has 140 valence electrons. The minimum Gasteiger partial charge on any atom is -0.484 e. The molecule has 0 unspecified atom stereocenters. The van der Waals surface area contributed by atoms with Gasteiger partial charge in [0.25, 0.3) is 5.91 Å². The highest BCUT2D eigenvalue weighted by molar-refractivity contribution is 5.84. The summed E-state index contributed by atoms with van der Waals surface area (Å²) in [6, 6.07) is 17.6. The second-order valence-electron chi connectivity index (χ2n) is 6.24. The minimum absolute atomic E-state index is 0.0371. The molecule has 0 saturated heterocycles. The van der Waals surface area contributed by atoms with Gasteiger partial charge in [0.2, 0.25) is 5.88 Å². The molecule has 3 aromatic rings. The lowest BCUT2D eigenvalue weighted by Gasteiger charge is -2.11. The third-order valence-corrected chi connectivity index (χ3v) is 4.15. The summed E-state index contributed by atoms with van der Waals surface area (Å²) in [4.78, 5) is 16.4. The van der Waals surface area contributed by atoms with Gasteiger partial charge in [-0.05, 0) is 35.4 Å². The molecule has 5 heteroatoms. The number of carbonyl (C=O) groups excluding carboxylic acids is 1.